The second-order valence-corrected chi connectivity index (χ2v) is 9.97. The molecular formula is C15H26N4O2S3. The maximum atomic E-state index is 12.3. The van der Waals surface area contributed by atoms with E-state index in [1.807, 2.05) is 0 Å². The number of sulfonamides is 1. The first-order valence-corrected chi connectivity index (χ1v) is 11.7. The van der Waals surface area contributed by atoms with Gasteiger partial charge in [0.25, 0.3) is 0 Å². The van der Waals surface area contributed by atoms with Gasteiger partial charge in [-0.1, -0.05) is 6.92 Å². The summed E-state index contributed by atoms with van der Waals surface area (Å²) in [6, 6.07) is 4.25. The molecule has 0 bridgehead atoms. The third-order valence-electron chi connectivity index (χ3n) is 3.74. The van der Waals surface area contributed by atoms with Crippen molar-refractivity contribution < 1.29 is 8.42 Å². The van der Waals surface area contributed by atoms with Gasteiger partial charge < -0.3 is 10.6 Å². The van der Waals surface area contributed by atoms with Gasteiger partial charge in [0.1, 0.15) is 0 Å². The van der Waals surface area contributed by atoms with E-state index in [-0.39, 0.29) is 5.75 Å². The summed E-state index contributed by atoms with van der Waals surface area (Å²) in [4.78, 5) is 6.75. The maximum Gasteiger partial charge on any atom is 0.215 e. The number of nitrogens with zero attached hydrogens (tertiary/aromatic N) is 2. The minimum Gasteiger partial charge on any atom is -0.355 e. The van der Waals surface area contributed by atoms with Crippen LogP contribution in [0.25, 0.3) is 0 Å². The number of rotatable bonds is 7. The molecule has 1 aromatic heterocycles. The number of nitrogens with one attached hydrogen (secondary N) is 2. The smallest absolute Gasteiger partial charge is 0.215 e. The van der Waals surface area contributed by atoms with E-state index in [0.29, 0.717) is 32.1 Å². The van der Waals surface area contributed by atoms with Gasteiger partial charge >= 0.3 is 0 Å². The lowest BCUT2D eigenvalue weighted by Crippen LogP contribution is -2.44. The lowest BCUT2D eigenvalue weighted by molar-refractivity contribution is 0.443. The van der Waals surface area contributed by atoms with Crippen molar-refractivity contribution in [2.45, 2.75) is 19.9 Å². The Hall–Kier alpha value is -0.770. The van der Waals surface area contributed by atoms with Gasteiger partial charge in [0, 0.05) is 47.9 Å². The van der Waals surface area contributed by atoms with Gasteiger partial charge in [-0.05, 0) is 18.6 Å². The van der Waals surface area contributed by atoms with Gasteiger partial charge in [-0.25, -0.2) is 12.7 Å². The van der Waals surface area contributed by atoms with Crippen LogP contribution in [0.1, 0.15) is 16.7 Å². The highest BCUT2D eigenvalue weighted by Gasteiger charge is 2.23. The first-order valence-electron chi connectivity index (χ1n) is 8.13. The summed E-state index contributed by atoms with van der Waals surface area (Å²) < 4.78 is 26.2. The molecule has 1 aliphatic rings. The van der Waals surface area contributed by atoms with Crippen LogP contribution in [0.15, 0.2) is 17.1 Å². The molecule has 24 heavy (non-hydrogen) atoms. The minimum atomic E-state index is -3.18. The average molecular weight is 391 g/mol. The molecule has 0 spiro atoms. The highest BCUT2D eigenvalue weighted by Crippen LogP contribution is 2.16. The number of hydrogen-bond acceptors (Lipinski definition) is 5. The van der Waals surface area contributed by atoms with Crippen molar-refractivity contribution >= 4 is 39.1 Å². The lowest BCUT2D eigenvalue weighted by Gasteiger charge is -2.25. The number of aryl methyl sites for hydroxylation is 1. The molecule has 136 valence electrons. The topological polar surface area (TPSA) is 73.8 Å². The fourth-order valence-corrected chi connectivity index (χ4v) is 5.74. The van der Waals surface area contributed by atoms with Gasteiger partial charge in [-0.15, -0.1) is 11.3 Å². The normalized spacial score (nSPS) is 17.0. The number of guanidine groups is 1. The van der Waals surface area contributed by atoms with Crippen molar-refractivity contribution in [2.75, 3.05) is 43.9 Å². The van der Waals surface area contributed by atoms with E-state index in [1.165, 1.54) is 9.75 Å². The second-order valence-electron chi connectivity index (χ2n) is 5.40. The Kier molecular flexibility index (Phi) is 7.86. The van der Waals surface area contributed by atoms with Crippen molar-refractivity contribution in [1.82, 2.24) is 14.9 Å². The van der Waals surface area contributed by atoms with Gasteiger partial charge in [-0.3, -0.25) is 4.99 Å². The van der Waals surface area contributed by atoms with Crippen LogP contribution < -0.4 is 10.6 Å². The average Bonchev–Trinajstić information content (AvgIpc) is 3.06. The van der Waals surface area contributed by atoms with Crippen LogP contribution >= 0.6 is 23.1 Å². The Labute approximate surface area is 153 Å². The Morgan fingerprint density at radius 3 is 2.58 bits per heavy atom. The summed E-state index contributed by atoms with van der Waals surface area (Å²) in [6.07, 6.45) is 1.05. The van der Waals surface area contributed by atoms with E-state index in [2.05, 4.69) is 34.7 Å². The summed E-state index contributed by atoms with van der Waals surface area (Å²) in [7, 11) is -1.49. The Morgan fingerprint density at radius 2 is 1.96 bits per heavy atom. The summed E-state index contributed by atoms with van der Waals surface area (Å²) in [5, 5.41) is 6.31. The van der Waals surface area contributed by atoms with Gasteiger partial charge in [0.2, 0.25) is 10.0 Å². The Morgan fingerprint density at radius 1 is 1.25 bits per heavy atom. The summed E-state index contributed by atoms with van der Waals surface area (Å²) in [6.45, 7) is 4.44. The van der Waals surface area contributed by atoms with E-state index in [9.17, 15) is 8.42 Å². The molecule has 1 aromatic rings. The highest BCUT2D eigenvalue weighted by molar-refractivity contribution is 7.99. The fourth-order valence-electron chi connectivity index (χ4n) is 2.35. The van der Waals surface area contributed by atoms with Crippen LogP contribution in [-0.2, 0) is 23.0 Å². The molecule has 0 aliphatic carbocycles. The van der Waals surface area contributed by atoms with E-state index in [4.69, 9.17) is 0 Å². The SMILES string of the molecule is CCc1ccc(CNC(=NC)NCCS(=O)(=O)N2CCSCC2)s1. The zero-order valence-electron chi connectivity index (χ0n) is 14.2. The predicted octanol–water partition coefficient (Wildman–Crippen LogP) is 1.35. The molecule has 6 nitrogen and oxygen atoms in total. The molecule has 9 heteroatoms. The first kappa shape index (κ1) is 19.6. The van der Waals surface area contributed by atoms with Gasteiger partial charge in [0.15, 0.2) is 5.96 Å². The quantitative estimate of drug-likeness (QED) is 0.543. The zero-order chi connectivity index (χ0) is 17.4. The van der Waals surface area contributed by atoms with Crippen LogP contribution in [0.5, 0.6) is 0 Å². The molecule has 2 N–H and O–H groups in total. The van der Waals surface area contributed by atoms with Crippen LogP contribution in [0, 0.1) is 0 Å². The molecule has 0 saturated carbocycles. The largest absolute Gasteiger partial charge is 0.355 e. The molecule has 0 aromatic carbocycles. The van der Waals surface area contributed by atoms with Crippen molar-refractivity contribution in [2.24, 2.45) is 4.99 Å². The van der Waals surface area contributed by atoms with Gasteiger partial charge in [-0.2, -0.15) is 11.8 Å². The van der Waals surface area contributed by atoms with E-state index in [0.717, 1.165) is 17.9 Å². The van der Waals surface area contributed by atoms with Crippen molar-refractivity contribution in [3.63, 3.8) is 0 Å². The van der Waals surface area contributed by atoms with E-state index in [1.54, 1.807) is 34.5 Å². The molecular weight excluding hydrogens is 364 g/mol. The van der Waals surface area contributed by atoms with Gasteiger partial charge in [0.05, 0.1) is 12.3 Å². The van der Waals surface area contributed by atoms with Crippen molar-refractivity contribution in [3.05, 3.63) is 21.9 Å². The number of hydrogen-bond donors (Lipinski definition) is 2. The third-order valence-corrected chi connectivity index (χ3v) is 7.78. The summed E-state index contributed by atoms with van der Waals surface area (Å²) in [5.41, 5.74) is 0. The van der Waals surface area contributed by atoms with Crippen LogP contribution in [0.2, 0.25) is 0 Å². The molecule has 0 atom stereocenters. The van der Waals surface area contributed by atoms with Crippen molar-refractivity contribution in [3.8, 4) is 0 Å². The fraction of sp³-hybridized carbons (Fsp3) is 0.667. The number of aliphatic imine (C=N–C) groups is 1. The first-order chi connectivity index (χ1) is 11.5. The monoisotopic (exact) mass is 390 g/mol. The number of thioether (sulfide) groups is 1. The lowest BCUT2D eigenvalue weighted by atomic mass is 10.4. The number of thiophene rings is 1. The second kappa shape index (κ2) is 9.65. The Bertz CT molecular complexity index is 637. The van der Waals surface area contributed by atoms with E-state index < -0.39 is 10.0 Å². The van der Waals surface area contributed by atoms with E-state index >= 15 is 0 Å². The Balaban J connectivity index is 1.74. The van der Waals surface area contributed by atoms with Crippen LogP contribution in [-0.4, -0.2) is 62.6 Å². The molecule has 2 rings (SSSR count). The predicted molar refractivity (Wildman–Crippen MR) is 105 cm³/mol. The minimum absolute atomic E-state index is 0.0946. The molecule has 1 fully saturated rings. The maximum absolute atomic E-state index is 12.3. The molecule has 1 saturated heterocycles. The highest BCUT2D eigenvalue weighted by atomic mass is 32.2. The van der Waals surface area contributed by atoms with Crippen LogP contribution in [0.4, 0.5) is 0 Å². The summed E-state index contributed by atoms with van der Waals surface area (Å²) in [5.74, 6) is 2.50. The molecule has 0 radical (unpaired) electrons. The third kappa shape index (κ3) is 5.94. The standard InChI is InChI=1S/C15H26N4O2S3/c1-3-13-4-5-14(23-13)12-18-15(16-2)17-6-11-24(20,21)19-7-9-22-10-8-19/h4-5H,3,6-12H2,1-2H3,(H2,16,17,18). The molecule has 0 amide bonds. The summed E-state index contributed by atoms with van der Waals surface area (Å²) >= 11 is 3.59. The molecule has 1 aliphatic heterocycles. The van der Waals surface area contributed by atoms with Crippen molar-refractivity contribution in [1.29, 1.82) is 0 Å². The molecule has 2 heterocycles. The van der Waals surface area contributed by atoms with Crippen LogP contribution in [0.3, 0.4) is 0 Å². The molecule has 0 unspecified atom stereocenters. The zero-order valence-corrected chi connectivity index (χ0v) is 16.7.